The fraction of sp³-hybridized carbons (Fsp3) is 0.938. The third-order valence-corrected chi connectivity index (χ3v) is 8.56. The van der Waals surface area contributed by atoms with Crippen LogP contribution in [-0.2, 0) is 0 Å². The number of carbonyl (C=O) groups is 2. The summed E-state index contributed by atoms with van der Waals surface area (Å²) in [4.78, 5) is 24.8. The molecule has 0 saturated heterocycles. The minimum atomic E-state index is 0.00662. The molecule has 0 bridgehead atoms. The third kappa shape index (κ3) is 18.7. The Balaban J connectivity index is 1.47. The van der Waals surface area contributed by atoms with Crippen LogP contribution in [0.25, 0.3) is 0 Å². The van der Waals surface area contributed by atoms with Gasteiger partial charge in [0.2, 0.25) is 0 Å². The van der Waals surface area contributed by atoms with E-state index in [2.05, 4.69) is 21.3 Å². The molecule has 38 heavy (non-hydrogen) atoms. The summed E-state index contributed by atoms with van der Waals surface area (Å²) in [5, 5.41) is 12.6. The summed E-state index contributed by atoms with van der Waals surface area (Å²) in [6.07, 6.45) is 32.5. The number of amides is 4. The standard InChI is InChI=1S/C32H62N4O2/c37-31(35-29-23-17-11-7-3-1-4-8-12-18-24-29)33-27-21-15-16-22-28-34-32(38)36-30-25-19-13-9-5-2-6-10-14-20-26-30/h29-30H,1-28H2,(H2,33,35,37)(H2,34,36,38). The molecule has 2 aliphatic rings. The predicted molar refractivity (Wildman–Crippen MR) is 161 cm³/mol. The van der Waals surface area contributed by atoms with E-state index in [1.165, 1.54) is 116 Å². The Kier molecular flexibility index (Phi) is 20.2. The van der Waals surface area contributed by atoms with E-state index in [9.17, 15) is 9.59 Å². The Labute approximate surface area is 235 Å². The smallest absolute Gasteiger partial charge is 0.315 e. The molecule has 222 valence electrons. The summed E-state index contributed by atoms with van der Waals surface area (Å²) in [5.74, 6) is 0. The van der Waals surface area contributed by atoms with Gasteiger partial charge in [0, 0.05) is 25.2 Å². The number of hydrogen-bond acceptors (Lipinski definition) is 2. The van der Waals surface area contributed by atoms with Crippen LogP contribution in [0.4, 0.5) is 9.59 Å². The fourth-order valence-corrected chi connectivity index (χ4v) is 6.10. The Morgan fingerprint density at radius 1 is 0.395 bits per heavy atom. The number of unbranched alkanes of at least 4 members (excludes halogenated alkanes) is 3. The lowest BCUT2D eigenvalue weighted by Crippen LogP contribution is -2.42. The minimum Gasteiger partial charge on any atom is -0.338 e. The molecule has 2 aliphatic carbocycles. The fourth-order valence-electron chi connectivity index (χ4n) is 6.10. The van der Waals surface area contributed by atoms with E-state index in [-0.39, 0.29) is 12.1 Å². The third-order valence-electron chi connectivity index (χ3n) is 8.56. The van der Waals surface area contributed by atoms with Gasteiger partial charge < -0.3 is 21.3 Å². The van der Waals surface area contributed by atoms with E-state index in [1.807, 2.05) is 0 Å². The van der Waals surface area contributed by atoms with Gasteiger partial charge in [0.1, 0.15) is 0 Å². The lowest BCUT2D eigenvalue weighted by atomic mass is 9.98. The Morgan fingerprint density at radius 2 is 0.658 bits per heavy atom. The van der Waals surface area contributed by atoms with Crippen molar-refractivity contribution < 1.29 is 9.59 Å². The van der Waals surface area contributed by atoms with Gasteiger partial charge in [0.15, 0.2) is 0 Å². The maximum atomic E-state index is 12.4. The highest BCUT2D eigenvalue weighted by atomic mass is 16.2. The van der Waals surface area contributed by atoms with Crippen molar-refractivity contribution in [2.24, 2.45) is 0 Å². The first-order valence-electron chi connectivity index (χ1n) is 16.8. The van der Waals surface area contributed by atoms with E-state index >= 15 is 0 Å². The zero-order valence-corrected chi connectivity index (χ0v) is 24.8. The molecule has 0 aromatic heterocycles. The Hall–Kier alpha value is -1.46. The maximum absolute atomic E-state index is 12.4. The van der Waals surface area contributed by atoms with Crippen LogP contribution in [0.2, 0.25) is 0 Å². The summed E-state index contributed by atoms with van der Waals surface area (Å²) < 4.78 is 0. The molecule has 0 aromatic carbocycles. The van der Waals surface area contributed by atoms with E-state index in [0.29, 0.717) is 12.1 Å². The number of hydrogen-bond donors (Lipinski definition) is 4. The second-order valence-electron chi connectivity index (χ2n) is 12.1. The predicted octanol–water partition coefficient (Wildman–Crippen LogP) is 8.49. The van der Waals surface area contributed by atoms with Crippen molar-refractivity contribution in [2.75, 3.05) is 13.1 Å². The number of nitrogens with one attached hydrogen (secondary N) is 4. The molecule has 0 aliphatic heterocycles. The van der Waals surface area contributed by atoms with E-state index < -0.39 is 0 Å². The summed E-state index contributed by atoms with van der Waals surface area (Å²) in [6, 6.07) is 0.674. The first kappa shape index (κ1) is 32.8. The summed E-state index contributed by atoms with van der Waals surface area (Å²) in [5.41, 5.74) is 0. The first-order valence-corrected chi connectivity index (χ1v) is 16.8. The van der Waals surface area contributed by atoms with Crippen molar-refractivity contribution >= 4 is 12.1 Å². The second kappa shape index (κ2) is 23.4. The molecule has 6 nitrogen and oxygen atoms in total. The second-order valence-corrected chi connectivity index (χ2v) is 12.1. The quantitative estimate of drug-likeness (QED) is 0.224. The van der Waals surface area contributed by atoms with E-state index in [4.69, 9.17) is 0 Å². The van der Waals surface area contributed by atoms with Crippen LogP contribution in [0, 0.1) is 0 Å². The minimum absolute atomic E-state index is 0.00662. The molecule has 0 atom stereocenters. The van der Waals surface area contributed by atoms with Crippen molar-refractivity contribution in [2.45, 2.75) is 179 Å². The molecule has 0 heterocycles. The van der Waals surface area contributed by atoms with Crippen LogP contribution in [0.5, 0.6) is 0 Å². The van der Waals surface area contributed by atoms with Gasteiger partial charge in [-0.3, -0.25) is 0 Å². The van der Waals surface area contributed by atoms with Gasteiger partial charge in [-0.1, -0.05) is 128 Å². The molecular formula is C32H62N4O2. The highest BCUT2D eigenvalue weighted by Crippen LogP contribution is 2.18. The molecule has 2 saturated carbocycles. The lowest BCUT2D eigenvalue weighted by molar-refractivity contribution is 0.233. The molecule has 6 heteroatoms. The van der Waals surface area contributed by atoms with Crippen LogP contribution < -0.4 is 21.3 Å². The highest BCUT2D eigenvalue weighted by Gasteiger charge is 2.13. The van der Waals surface area contributed by atoms with Gasteiger partial charge in [0.25, 0.3) is 0 Å². The van der Waals surface area contributed by atoms with Crippen molar-refractivity contribution in [1.82, 2.24) is 21.3 Å². The van der Waals surface area contributed by atoms with Gasteiger partial charge >= 0.3 is 12.1 Å². The van der Waals surface area contributed by atoms with Crippen LogP contribution in [0.1, 0.15) is 167 Å². The van der Waals surface area contributed by atoms with E-state index in [1.54, 1.807) is 0 Å². The molecule has 0 spiro atoms. The summed E-state index contributed by atoms with van der Waals surface area (Å²) >= 11 is 0. The van der Waals surface area contributed by atoms with Crippen molar-refractivity contribution in [3.05, 3.63) is 0 Å². The van der Waals surface area contributed by atoms with Crippen molar-refractivity contribution in [3.63, 3.8) is 0 Å². The van der Waals surface area contributed by atoms with Gasteiger partial charge in [0.05, 0.1) is 0 Å². The zero-order chi connectivity index (χ0) is 26.9. The summed E-state index contributed by atoms with van der Waals surface area (Å²) in [7, 11) is 0. The van der Waals surface area contributed by atoms with Gasteiger partial charge in [-0.25, -0.2) is 9.59 Å². The average Bonchev–Trinajstić information content (AvgIpc) is 2.89. The lowest BCUT2D eigenvalue weighted by Gasteiger charge is -2.20. The van der Waals surface area contributed by atoms with Crippen LogP contribution >= 0.6 is 0 Å². The molecule has 0 unspecified atom stereocenters. The van der Waals surface area contributed by atoms with E-state index in [0.717, 1.165) is 64.5 Å². The SMILES string of the molecule is O=C(NCCCCCCNC(=O)NC1CCCCCCCCCCC1)NC1CCCCCCCCCCC1. The molecule has 2 fully saturated rings. The normalized spacial score (nSPS) is 20.5. The Morgan fingerprint density at radius 3 is 0.947 bits per heavy atom. The van der Waals surface area contributed by atoms with Gasteiger partial charge in [-0.05, 0) is 38.5 Å². The average molecular weight is 535 g/mol. The molecular weight excluding hydrogens is 472 g/mol. The monoisotopic (exact) mass is 534 g/mol. The zero-order valence-electron chi connectivity index (χ0n) is 24.8. The number of rotatable bonds is 9. The highest BCUT2D eigenvalue weighted by molar-refractivity contribution is 5.74. The largest absolute Gasteiger partial charge is 0.338 e. The molecule has 4 amide bonds. The molecule has 0 aromatic rings. The van der Waals surface area contributed by atoms with Crippen LogP contribution in [-0.4, -0.2) is 37.2 Å². The number of carbonyl (C=O) groups excluding carboxylic acids is 2. The molecule has 2 rings (SSSR count). The summed E-state index contributed by atoms with van der Waals surface area (Å²) in [6.45, 7) is 1.46. The molecule has 4 N–H and O–H groups in total. The Bertz CT molecular complexity index is 512. The van der Waals surface area contributed by atoms with Crippen LogP contribution in [0.15, 0.2) is 0 Å². The number of urea groups is 2. The maximum Gasteiger partial charge on any atom is 0.315 e. The topological polar surface area (TPSA) is 82.3 Å². The van der Waals surface area contributed by atoms with Gasteiger partial charge in [-0.15, -0.1) is 0 Å². The van der Waals surface area contributed by atoms with Crippen molar-refractivity contribution in [1.29, 1.82) is 0 Å². The van der Waals surface area contributed by atoms with Crippen molar-refractivity contribution in [3.8, 4) is 0 Å². The first-order chi connectivity index (χ1) is 18.7. The molecule has 0 radical (unpaired) electrons. The van der Waals surface area contributed by atoms with Crippen LogP contribution in [0.3, 0.4) is 0 Å². The van der Waals surface area contributed by atoms with Gasteiger partial charge in [-0.2, -0.15) is 0 Å².